The first-order valence-electron chi connectivity index (χ1n) is 12.0. The first-order chi connectivity index (χ1) is 18.0. The van der Waals surface area contributed by atoms with Crippen LogP contribution in [0.1, 0.15) is 37.4 Å². The van der Waals surface area contributed by atoms with Crippen LogP contribution in [-0.2, 0) is 9.59 Å². The van der Waals surface area contributed by atoms with Crippen molar-refractivity contribution in [3.05, 3.63) is 83.7 Å². The van der Waals surface area contributed by atoms with Crippen molar-refractivity contribution in [3.8, 4) is 11.5 Å². The number of rotatable bonds is 8. The van der Waals surface area contributed by atoms with Crippen LogP contribution in [0.5, 0.6) is 11.5 Å². The maximum atomic E-state index is 13.5. The second-order valence-corrected chi connectivity index (χ2v) is 9.39. The first-order valence-corrected chi connectivity index (χ1v) is 12.8. The molecule has 0 bridgehead atoms. The minimum Gasteiger partial charge on any atom is -0.507 e. The van der Waals surface area contributed by atoms with Crippen molar-refractivity contribution in [2.45, 2.75) is 26.3 Å². The van der Waals surface area contributed by atoms with Crippen LogP contribution >= 0.6 is 11.3 Å². The molecule has 2 aromatic heterocycles. The summed E-state index contributed by atoms with van der Waals surface area (Å²) in [5.74, 6) is -0.507. The van der Waals surface area contributed by atoms with Crippen LogP contribution in [0.2, 0.25) is 0 Å². The summed E-state index contributed by atoms with van der Waals surface area (Å²) in [5.41, 5.74) is 1.68. The number of pyridine rings is 1. The Morgan fingerprint density at radius 2 is 1.81 bits per heavy atom. The predicted molar refractivity (Wildman–Crippen MR) is 142 cm³/mol. The van der Waals surface area contributed by atoms with Gasteiger partial charge in [-0.2, -0.15) is 0 Å². The van der Waals surface area contributed by atoms with E-state index in [4.69, 9.17) is 9.47 Å². The molecule has 4 aromatic rings. The molecule has 1 N–H and O–H groups in total. The van der Waals surface area contributed by atoms with Gasteiger partial charge in [0.25, 0.3) is 5.78 Å². The molecule has 37 heavy (non-hydrogen) atoms. The molecule has 1 aliphatic rings. The summed E-state index contributed by atoms with van der Waals surface area (Å²) in [7, 11) is 0. The van der Waals surface area contributed by atoms with E-state index in [0.717, 1.165) is 11.1 Å². The van der Waals surface area contributed by atoms with Crippen LogP contribution in [-0.4, -0.2) is 40.0 Å². The van der Waals surface area contributed by atoms with E-state index in [9.17, 15) is 14.7 Å². The maximum Gasteiger partial charge on any atom is 0.301 e. The van der Waals surface area contributed by atoms with Gasteiger partial charge in [-0.15, -0.1) is 0 Å². The number of ether oxygens (including phenoxy) is 2. The highest BCUT2D eigenvalue weighted by Gasteiger charge is 2.48. The normalized spacial score (nSPS) is 16.9. The van der Waals surface area contributed by atoms with Crippen LogP contribution < -0.4 is 14.4 Å². The number of aliphatic hydroxyl groups is 1. The maximum absolute atomic E-state index is 13.5. The van der Waals surface area contributed by atoms with E-state index < -0.39 is 17.7 Å². The second-order valence-electron chi connectivity index (χ2n) is 8.38. The summed E-state index contributed by atoms with van der Waals surface area (Å²) in [6.45, 7) is 4.97. The smallest absolute Gasteiger partial charge is 0.301 e. The Labute approximate surface area is 217 Å². The average Bonchev–Trinajstić information content (AvgIpc) is 3.45. The summed E-state index contributed by atoms with van der Waals surface area (Å²) in [4.78, 5) is 36.9. The van der Waals surface area contributed by atoms with Crippen LogP contribution in [0.15, 0.2) is 72.6 Å². The lowest BCUT2D eigenvalue weighted by molar-refractivity contribution is -0.132. The highest BCUT2D eigenvalue weighted by atomic mass is 32.1. The number of benzene rings is 2. The standard InChI is InChI=1S/C28H25N3O5S/c1-3-14-36-19-7-5-6-18(15-19)24-23(25(32)17-10-12-29-13-11-17)26(33)27(34)31(24)28-30-21-9-8-20(35-4-2)16-22(21)37-28/h5-13,15-16,24,32H,3-4,14H2,1-2H3/b25-23+. The highest BCUT2D eigenvalue weighted by molar-refractivity contribution is 7.22. The number of fused-ring (bicyclic) bond motifs is 1. The number of aromatic nitrogens is 2. The van der Waals surface area contributed by atoms with Crippen LogP contribution in [0.3, 0.4) is 0 Å². The number of amides is 1. The van der Waals surface area contributed by atoms with Crippen molar-refractivity contribution in [2.24, 2.45) is 0 Å². The van der Waals surface area contributed by atoms with Gasteiger partial charge in [0.1, 0.15) is 17.3 Å². The number of hydrogen-bond donors (Lipinski definition) is 1. The summed E-state index contributed by atoms with van der Waals surface area (Å²) < 4.78 is 12.2. The Hall–Kier alpha value is -4.24. The molecule has 3 heterocycles. The molecule has 0 spiro atoms. The van der Waals surface area contributed by atoms with Crippen molar-refractivity contribution in [2.75, 3.05) is 18.1 Å². The third kappa shape index (κ3) is 4.65. The molecule has 0 radical (unpaired) electrons. The average molecular weight is 516 g/mol. The number of ketones is 1. The van der Waals surface area contributed by atoms with Crippen molar-refractivity contribution in [3.63, 3.8) is 0 Å². The lowest BCUT2D eigenvalue weighted by Crippen LogP contribution is -2.29. The lowest BCUT2D eigenvalue weighted by atomic mass is 9.95. The minimum atomic E-state index is -0.898. The zero-order valence-corrected chi connectivity index (χ0v) is 21.2. The van der Waals surface area contributed by atoms with E-state index in [0.29, 0.717) is 46.5 Å². The summed E-state index contributed by atoms with van der Waals surface area (Å²) >= 11 is 1.28. The van der Waals surface area contributed by atoms with Gasteiger partial charge >= 0.3 is 5.91 Å². The molecular formula is C28H25N3O5S. The van der Waals surface area contributed by atoms with Crippen molar-refractivity contribution < 1.29 is 24.2 Å². The molecule has 1 unspecified atom stereocenters. The minimum absolute atomic E-state index is 0.0156. The molecule has 2 aromatic carbocycles. The summed E-state index contributed by atoms with van der Waals surface area (Å²) in [6.07, 6.45) is 3.87. The first kappa shape index (κ1) is 24.5. The number of Topliss-reactive ketones (excluding diaryl/α,β-unsaturated/α-hetero) is 1. The van der Waals surface area contributed by atoms with E-state index in [2.05, 4.69) is 9.97 Å². The SMILES string of the molecule is CCCOc1cccc(C2/C(=C(\O)c3ccncc3)C(=O)C(=O)N2c2nc3ccc(OCC)cc3s2)c1. The molecule has 1 saturated heterocycles. The van der Waals surface area contributed by atoms with Crippen LogP contribution in [0, 0.1) is 0 Å². The zero-order valence-electron chi connectivity index (χ0n) is 20.4. The van der Waals surface area contributed by atoms with Crippen LogP contribution in [0.25, 0.3) is 16.0 Å². The van der Waals surface area contributed by atoms with Gasteiger partial charge in [-0.3, -0.25) is 19.5 Å². The number of carbonyl (C=O) groups excluding carboxylic acids is 2. The van der Waals surface area contributed by atoms with Gasteiger partial charge in [0, 0.05) is 18.0 Å². The van der Waals surface area contributed by atoms with E-state index >= 15 is 0 Å². The topological polar surface area (TPSA) is 102 Å². The Morgan fingerprint density at radius 3 is 2.57 bits per heavy atom. The number of thiazole rings is 1. The fourth-order valence-electron chi connectivity index (χ4n) is 4.26. The molecule has 1 fully saturated rings. The van der Waals surface area contributed by atoms with Crippen molar-refractivity contribution in [1.29, 1.82) is 0 Å². The molecule has 1 atom stereocenters. The van der Waals surface area contributed by atoms with E-state index in [-0.39, 0.29) is 11.3 Å². The van der Waals surface area contributed by atoms with Gasteiger partial charge in [0.15, 0.2) is 5.13 Å². The molecule has 1 amide bonds. The molecule has 1 aliphatic heterocycles. The van der Waals surface area contributed by atoms with E-state index in [1.165, 1.54) is 28.6 Å². The van der Waals surface area contributed by atoms with Crippen LogP contribution in [0.4, 0.5) is 5.13 Å². The number of carbonyl (C=O) groups is 2. The number of nitrogens with zero attached hydrogens (tertiary/aromatic N) is 3. The molecule has 9 heteroatoms. The highest BCUT2D eigenvalue weighted by Crippen LogP contribution is 2.45. The fourth-order valence-corrected chi connectivity index (χ4v) is 5.28. The van der Waals surface area contributed by atoms with Crippen molar-refractivity contribution in [1.82, 2.24) is 9.97 Å². The number of aliphatic hydroxyl groups excluding tert-OH is 1. The summed E-state index contributed by atoms with van der Waals surface area (Å²) in [6, 6.07) is 15.0. The van der Waals surface area contributed by atoms with Gasteiger partial charge in [0.05, 0.1) is 35.0 Å². The Balaban J connectivity index is 1.68. The Morgan fingerprint density at radius 1 is 1.03 bits per heavy atom. The fraction of sp³-hybridized carbons (Fsp3) is 0.214. The molecule has 5 rings (SSSR count). The largest absolute Gasteiger partial charge is 0.507 e. The lowest BCUT2D eigenvalue weighted by Gasteiger charge is -2.23. The van der Waals surface area contributed by atoms with Gasteiger partial charge in [-0.05, 0) is 61.4 Å². The van der Waals surface area contributed by atoms with Crippen molar-refractivity contribution >= 4 is 44.1 Å². The van der Waals surface area contributed by atoms with Gasteiger partial charge in [-0.25, -0.2) is 4.98 Å². The molecule has 0 aliphatic carbocycles. The third-order valence-corrected chi connectivity index (χ3v) is 6.93. The molecule has 8 nitrogen and oxygen atoms in total. The van der Waals surface area contributed by atoms with E-state index in [1.54, 1.807) is 24.3 Å². The van der Waals surface area contributed by atoms with Gasteiger partial charge < -0.3 is 14.6 Å². The second kappa shape index (κ2) is 10.4. The molecule has 0 saturated carbocycles. The molecular weight excluding hydrogens is 490 g/mol. The van der Waals surface area contributed by atoms with E-state index in [1.807, 2.05) is 44.2 Å². The molecule has 188 valence electrons. The van der Waals surface area contributed by atoms with Gasteiger partial charge in [-0.1, -0.05) is 30.4 Å². The number of anilines is 1. The Kier molecular flexibility index (Phi) is 6.87. The zero-order chi connectivity index (χ0) is 25.9. The quantitative estimate of drug-likeness (QED) is 0.188. The predicted octanol–water partition coefficient (Wildman–Crippen LogP) is 5.51. The number of hydrogen-bond acceptors (Lipinski definition) is 8. The Bertz CT molecular complexity index is 1500. The van der Waals surface area contributed by atoms with Gasteiger partial charge in [0.2, 0.25) is 0 Å². The summed E-state index contributed by atoms with van der Waals surface area (Å²) in [5, 5.41) is 11.6. The third-order valence-electron chi connectivity index (χ3n) is 5.91. The monoisotopic (exact) mass is 515 g/mol.